The molecular weight excluding hydrogens is 280 g/mol. The Labute approximate surface area is 123 Å². The van der Waals surface area contributed by atoms with Crippen LogP contribution in [0.2, 0.25) is 0 Å². The molecule has 0 spiro atoms. The van der Waals surface area contributed by atoms with E-state index in [2.05, 4.69) is 0 Å². The Morgan fingerprint density at radius 1 is 1.43 bits per heavy atom. The fraction of sp³-hybridized carbons (Fsp3) is 0.769. The number of morpholine rings is 1. The smallest absolute Gasteiger partial charge is 0.320 e. The minimum absolute atomic E-state index is 0.115. The molecule has 0 aliphatic carbocycles. The van der Waals surface area contributed by atoms with Gasteiger partial charge in [-0.2, -0.15) is 0 Å². The largest absolute Gasteiger partial charge is 0.481 e. The summed E-state index contributed by atoms with van der Waals surface area (Å²) in [6.07, 6.45) is -0.0402. The van der Waals surface area contributed by atoms with E-state index in [1.807, 2.05) is 0 Å². The van der Waals surface area contributed by atoms with Gasteiger partial charge < -0.3 is 24.4 Å². The van der Waals surface area contributed by atoms with Gasteiger partial charge in [-0.05, 0) is 6.92 Å². The van der Waals surface area contributed by atoms with Crippen LogP contribution < -0.4 is 0 Å². The number of carboxylic acid groups (broad SMARTS) is 1. The van der Waals surface area contributed by atoms with Gasteiger partial charge in [-0.3, -0.25) is 9.59 Å². The van der Waals surface area contributed by atoms with Crippen LogP contribution in [0.5, 0.6) is 0 Å². The molecule has 0 radical (unpaired) electrons. The summed E-state index contributed by atoms with van der Waals surface area (Å²) in [7, 11) is 1.58. The van der Waals surface area contributed by atoms with Gasteiger partial charge in [-0.25, -0.2) is 4.79 Å². The third-order valence-corrected chi connectivity index (χ3v) is 3.17. The number of ether oxygens (including phenoxy) is 2. The first-order valence-electron chi connectivity index (χ1n) is 6.92. The number of nitrogens with zero attached hydrogens (tertiary/aromatic N) is 2. The van der Waals surface area contributed by atoms with Crippen molar-refractivity contribution in [2.24, 2.45) is 0 Å². The molecule has 1 atom stereocenters. The van der Waals surface area contributed by atoms with E-state index < -0.39 is 12.0 Å². The fourth-order valence-corrected chi connectivity index (χ4v) is 2.08. The van der Waals surface area contributed by atoms with Gasteiger partial charge in [0.1, 0.15) is 0 Å². The molecule has 0 bridgehead atoms. The number of esters is 1. The third-order valence-electron chi connectivity index (χ3n) is 3.17. The van der Waals surface area contributed by atoms with Gasteiger partial charge in [0.25, 0.3) is 0 Å². The lowest BCUT2D eigenvalue weighted by Crippen LogP contribution is -2.53. The molecule has 1 heterocycles. The number of rotatable bonds is 6. The number of carbonyl (C=O) groups excluding carboxylic acids is 2. The number of urea groups is 1. The molecule has 1 aliphatic rings. The van der Waals surface area contributed by atoms with Crippen molar-refractivity contribution in [2.75, 3.05) is 40.0 Å². The first-order valence-corrected chi connectivity index (χ1v) is 6.92. The van der Waals surface area contributed by atoms with Crippen LogP contribution in [-0.4, -0.2) is 78.9 Å². The molecule has 120 valence electrons. The molecule has 0 aromatic rings. The van der Waals surface area contributed by atoms with Gasteiger partial charge >= 0.3 is 18.0 Å². The highest BCUT2D eigenvalue weighted by molar-refractivity contribution is 5.77. The van der Waals surface area contributed by atoms with Crippen molar-refractivity contribution in [1.82, 2.24) is 9.80 Å². The van der Waals surface area contributed by atoms with Crippen LogP contribution in [0.3, 0.4) is 0 Å². The van der Waals surface area contributed by atoms with Crippen molar-refractivity contribution in [3.05, 3.63) is 0 Å². The van der Waals surface area contributed by atoms with Gasteiger partial charge in [0.2, 0.25) is 0 Å². The molecule has 1 rings (SSSR count). The number of carbonyl (C=O) groups is 3. The van der Waals surface area contributed by atoms with Crippen LogP contribution >= 0.6 is 0 Å². The van der Waals surface area contributed by atoms with Crippen molar-refractivity contribution in [3.8, 4) is 0 Å². The van der Waals surface area contributed by atoms with E-state index in [1.54, 1.807) is 14.0 Å². The molecule has 2 amide bonds. The highest BCUT2D eigenvalue weighted by atomic mass is 16.5. The molecule has 21 heavy (non-hydrogen) atoms. The first-order chi connectivity index (χ1) is 9.95. The zero-order valence-corrected chi connectivity index (χ0v) is 12.4. The van der Waals surface area contributed by atoms with Gasteiger partial charge in [0.05, 0.1) is 38.7 Å². The van der Waals surface area contributed by atoms with Crippen LogP contribution in [0.15, 0.2) is 0 Å². The minimum Gasteiger partial charge on any atom is -0.481 e. The maximum atomic E-state index is 12.3. The lowest BCUT2D eigenvalue weighted by Gasteiger charge is -2.37. The first kappa shape index (κ1) is 17.2. The average Bonchev–Trinajstić information content (AvgIpc) is 2.44. The second-order valence-corrected chi connectivity index (χ2v) is 4.78. The summed E-state index contributed by atoms with van der Waals surface area (Å²) in [5.74, 6) is -1.33. The van der Waals surface area contributed by atoms with Gasteiger partial charge in [0, 0.05) is 20.1 Å². The summed E-state index contributed by atoms with van der Waals surface area (Å²) in [6.45, 7) is 3.20. The van der Waals surface area contributed by atoms with Crippen molar-refractivity contribution in [3.63, 3.8) is 0 Å². The summed E-state index contributed by atoms with van der Waals surface area (Å²) in [5, 5.41) is 8.87. The molecule has 1 fully saturated rings. The van der Waals surface area contributed by atoms with E-state index in [-0.39, 0.29) is 38.0 Å². The third kappa shape index (κ3) is 5.58. The van der Waals surface area contributed by atoms with Gasteiger partial charge in [0.15, 0.2) is 0 Å². The second kappa shape index (κ2) is 8.46. The van der Waals surface area contributed by atoms with Crippen LogP contribution in [0.25, 0.3) is 0 Å². The van der Waals surface area contributed by atoms with Crippen LogP contribution in [-0.2, 0) is 19.1 Å². The molecule has 8 nitrogen and oxygen atoms in total. The van der Waals surface area contributed by atoms with Crippen molar-refractivity contribution < 1.29 is 29.0 Å². The molecule has 1 aliphatic heterocycles. The Bertz CT molecular complexity index is 387. The van der Waals surface area contributed by atoms with Crippen molar-refractivity contribution in [1.29, 1.82) is 0 Å². The molecular formula is C13H22N2O6. The van der Waals surface area contributed by atoms with E-state index in [9.17, 15) is 14.4 Å². The molecule has 1 unspecified atom stereocenters. The van der Waals surface area contributed by atoms with E-state index in [0.717, 1.165) is 0 Å². The zero-order valence-electron chi connectivity index (χ0n) is 12.4. The van der Waals surface area contributed by atoms with Crippen molar-refractivity contribution in [2.45, 2.75) is 25.8 Å². The fourth-order valence-electron chi connectivity index (χ4n) is 2.08. The summed E-state index contributed by atoms with van der Waals surface area (Å²) >= 11 is 0. The number of hydrogen-bond acceptors (Lipinski definition) is 5. The SMILES string of the molecule is CCOC(=O)CCN(C)C(=O)N1CCOCC1CC(=O)O. The Kier molecular flexibility index (Phi) is 6.93. The highest BCUT2D eigenvalue weighted by Gasteiger charge is 2.30. The highest BCUT2D eigenvalue weighted by Crippen LogP contribution is 2.13. The summed E-state index contributed by atoms with van der Waals surface area (Å²) < 4.78 is 10.0. The molecule has 0 aromatic carbocycles. The summed E-state index contributed by atoms with van der Waals surface area (Å²) in [6, 6.07) is -0.775. The summed E-state index contributed by atoms with van der Waals surface area (Å²) in [4.78, 5) is 37.3. The predicted molar refractivity (Wildman–Crippen MR) is 72.8 cm³/mol. The average molecular weight is 302 g/mol. The van der Waals surface area contributed by atoms with E-state index in [0.29, 0.717) is 19.8 Å². The quantitative estimate of drug-likeness (QED) is 0.702. The Morgan fingerprint density at radius 2 is 2.14 bits per heavy atom. The molecule has 1 saturated heterocycles. The topological polar surface area (TPSA) is 96.4 Å². The lowest BCUT2D eigenvalue weighted by molar-refractivity contribution is -0.143. The number of amides is 2. The Morgan fingerprint density at radius 3 is 2.76 bits per heavy atom. The van der Waals surface area contributed by atoms with Crippen molar-refractivity contribution >= 4 is 18.0 Å². The maximum Gasteiger partial charge on any atom is 0.320 e. The standard InChI is InChI=1S/C13H22N2O6/c1-3-21-12(18)4-5-14(2)13(19)15-6-7-20-9-10(15)8-11(16)17/h10H,3-9H2,1-2H3,(H,16,17). The number of carboxylic acids is 1. The van der Waals surface area contributed by atoms with E-state index >= 15 is 0 Å². The Balaban J connectivity index is 2.53. The molecule has 1 N–H and O–H groups in total. The van der Waals surface area contributed by atoms with Crippen LogP contribution in [0, 0.1) is 0 Å². The number of hydrogen-bond donors (Lipinski definition) is 1. The second-order valence-electron chi connectivity index (χ2n) is 4.78. The molecule has 8 heteroatoms. The maximum absolute atomic E-state index is 12.3. The van der Waals surface area contributed by atoms with E-state index in [1.165, 1.54) is 9.80 Å². The minimum atomic E-state index is -0.975. The normalized spacial score (nSPS) is 18.2. The molecule has 0 aromatic heterocycles. The zero-order chi connectivity index (χ0) is 15.8. The molecule has 0 saturated carbocycles. The van der Waals surface area contributed by atoms with Gasteiger partial charge in [-0.15, -0.1) is 0 Å². The monoisotopic (exact) mass is 302 g/mol. The Hall–Kier alpha value is -1.83. The number of aliphatic carboxylic acids is 1. The predicted octanol–water partition coefficient (Wildman–Crippen LogP) is 0.167. The van der Waals surface area contributed by atoms with Crippen LogP contribution in [0.1, 0.15) is 19.8 Å². The van der Waals surface area contributed by atoms with Gasteiger partial charge in [-0.1, -0.05) is 0 Å². The summed E-state index contributed by atoms with van der Waals surface area (Å²) in [5.41, 5.74) is 0. The lowest BCUT2D eigenvalue weighted by atomic mass is 10.1. The van der Waals surface area contributed by atoms with E-state index in [4.69, 9.17) is 14.6 Å². The van der Waals surface area contributed by atoms with Crippen LogP contribution in [0.4, 0.5) is 4.79 Å².